The van der Waals surface area contributed by atoms with Gasteiger partial charge in [-0.2, -0.15) is 0 Å². The summed E-state index contributed by atoms with van der Waals surface area (Å²) in [5.74, 6) is -0.578. The van der Waals surface area contributed by atoms with Crippen LogP contribution in [0.15, 0.2) is 88.5 Å². The average Bonchev–Trinajstić information content (AvgIpc) is 3.31. The van der Waals surface area contributed by atoms with Gasteiger partial charge < -0.3 is 0 Å². The van der Waals surface area contributed by atoms with Crippen LogP contribution in [0.1, 0.15) is 34.0 Å². The molecule has 5 rings (SSSR count). The first-order valence-corrected chi connectivity index (χ1v) is 11.8. The van der Waals surface area contributed by atoms with Crippen LogP contribution in [0.5, 0.6) is 0 Å². The van der Waals surface area contributed by atoms with Gasteiger partial charge in [0, 0.05) is 27.4 Å². The minimum absolute atomic E-state index is 0.225. The Hall–Kier alpha value is -3.74. The molecule has 176 valence electrons. The van der Waals surface area contributed by atoms with Crippen LogP contribution in [0.2, 0.25) is 10.0 Å². The van der Waals surface area contributed by atoms with Crippen LogP contribution in [-0.4, -0.2) is 19.6 Å². The molecule has 0 saturated carbocycles. The molecule has 0 radical (unpaired) electrons. The van der Waals surface area contributed by atoms with Gasteiger partial charge in [0.25, 0.3) is 11.1 Å². The fourth-order valence-electron chi connectivity index (χ4n) is 4.47. The normalized spacial score (nSPS) is 11.3. The summed E-state index contributed by atoms with van der Waals surface area (Å²) in [5, 5.41) is 7.52. The van der Waals surface area contributed by atoms with Gasteiger partial charge in [-0.25, -0.2) is 9.36 Å². The molecular formula is C27H22Cl2N4O2. The number of halogens is 2. The summed E-state index contributed by atoms with van der Waals surface area (Å²) in [6, 6.07) is 23.6. The predicted molar refractivity (Wildman–Crippen MR) is 140 cm³/mol. The molecule has 0 aliphatic carbocycles. The third-order valence-electron chi connectivity index (χ3n) is 6.11. The third-order valence-corrected chi connectivity index (χ3v) is 6.62. The zero-order valence-electron chi connectivity index (χ0n) is 19.0. The van der Waals surface area contributed by atoms with E-state index in [0.29, 0.717) is 43.9 Å². The molecule has 0 saturated heterocycles. The first-order valence-electron chi connectivity index (χ1n) is 11.0. The number of nitrogens with zero attached hydrogens (tertiary/aromatic N) is 2. The van der Waals surface area contributed by atoms with Gasteiger partial charge in [-0.05, 0) is 67.9 Å². The smallest absolute Gasteiger partial charge is 0.275 e. The van der Waals surface area contributed by atoms with Gasteiger partial charge in [-0.1, -0.05) is 53.5 Å². The van der Waals surface area contributed by atoms with Crippen molar-refractivity contribution in [3.8, 4) is 11.4 Å². The van der Waals surface area contributed by atoms with Gasteiger partial charge >= 0.3 is 0 Å². The van der Waals surface area contributed by atoms with Crippen molar-refractivity contribution in [2.75, 3.05) is 0 Å². The van der Waals surface area contributed by atoms with Gasteiger partial charge in [0.1, 0.15) is 0 Å². The second kappa shape index (κ2) is 9.13. The Kier molecular flexibility index (Phi) is 6.01. The number of rotatable bonds is 5. The molecule has 2 N–H and O–H groups in total. The highest BCUT2D eigenvalue weighted by Gasteiger charge is 2.30. The van der Waals surface area contributed by atoms with E-state index in [1.807, 2.05) is 44.2 Å². The Morgan fingerprint density at radius 2 is 1.03 bits per heavy atom. The van der Waals surface area contributed by atoms with Crippen LogP contribution in [-0.2, 0) is 0 Å². The summed E-state index contributed by atoms with van der Waals surface area (Å²) in [5.41, 5.74) is 4.08. The summed E-state index contributed by atoms with van der Waals surface area (Å²) < 4.78 is 2.97. The maximum Gasteiger partial charge on any atom is 0.275 e. The summed E-state index contributed by atoms with van der Waals surface area (Å²) in [4.78, 5) is 27.5. The number of hydrogen-bond acceptors (Lipinski definition) is 2. The molecule has 3 aromatic carbocycles. The number of nitrogens with one attached hydrogen (secondary N) is 2. The maximum absolute atomic E-state index is 13.8. The molecule has 8 heteroatoms. The molecule has 0 aliphatic rings. The molecule has 0 amide bonds. The molecular weight excluding hydrogens is 483 g/mol. The Morgan fingerprint density at radius 3 is 1.43 bits per heavy atom. The lowest BCUT2D eigenvalue weighted by molar-refractivity contribution is 0.830. The minimum Gasteiger partial charge on any atom is -0.295 e. The zero-order chi connectivity index (χ0) is 24.7. The van der Waals surface area contributed by atoms with E-state index in [1.54, 1.807) is 48.5 Å². The standard InChI is InChI=1S/C27H22Cl2N4O2/c1-16-23(26(34)32(30-16)21-12-8-19(28)9-13-21)25(18-6-4-3-5-7-18)24-17(2)31-33(27(24)35)22-14-10-20(29)11-15-22/h3-15,25,30-31H,1-2H3. The van der Waals surface area contributed by atoms with Crippen molar-refractivity contribution < 1.29 is 0 Å². The third kappa shape index (κ3) is 4.16. The van der Waals surface area contributed by atoms with Crippen LogP contribution < -0.4 is 11.1 Å². The molecule has 5 aromatic rings. The molecule has 0 atom stereocenters. The highest BCUT2D eigenvalue weighted by molar-refractivity contribution is 6.30. The van der Waals surface area contributed by atoms with E-state index in [1.165, 1.54) is 9.36 Å². The highest BCUT2D eigenvalue weighted by Crippen LogP contribution is 2.32. The molecule has 0 aliphatic heterocycles. The summed E-state index contributed by atoms with van der Waals surface area (Å²) >= 11 is 12.1. The lowest BCUT2D eigenvalue weighted by Crippen LogP contribution is -2.25. The van der Waals surface area contributed by atoms with Crippen molar-refractivity contribution in [1.82, 2.24) is 19.6 Å². The fraction of sp³-hybridized carbons (Fsp3) is 0.111. The summed E-state index contributed by atoms with van der Waals surface area (Å²) in [6.45, 7) is 3.69. The zero-order valence-corrected chi connectivity index (χ0v) is 20.6. The number of aryl methyl sites for hydroxylation is 2. The number of aromatic amines is 2. The van der Waals surface area contributed by atoms with Crippen molar-refractivity contribution in [3.05, 3.63) is 138 Å². The van der Waals surface area contributed by atoms with Crippen LogP contribution in [0, 0.1) is 13.8 Å². The van der Waals surface area contributed by atoms with E-state index >= 15 is 0 Å². The topological polar surface area (TPSA) is 75.6 Å². The van der Waals surface area contributed by atoms with Gasteiger partial charge in [0.05, 0.1) is 22.5 Å². The number of hydrogen-bond donors (Lipinski definition) is 2. The molecule has 0 fully saturated rings. The van der Waals surface area contributed by atoms with Crippen LogP contribution >= 0.6 is 23.2 Å². The van der Waals surface area contributed by atoms with Gasteiger partial charge in [0.2, 0.25) is 0 Å². The van der Waals surface area contributed by atoms with Gasteiger partial charge in [-0.3, -0.25) is 19.8 Å². The van der Waals surface area contributed by atoms with E-state index in [4.69, 9.17) is 23.2 Å². The van der Waals surface area contributed by atoms with E-state index in [2.05, 4.69) is 10.2 Å². The van der Waals surface area contributed by atoms with E-state index in [9.17, 15) is 9.59 Å². The quantitative estimate of drug-likeness (QED) is 0.319. The molecule has 2 aromatic heterocycles. The van der Waals surface area contributed by atoms with Gasteiger partial charge in [-0.15, -0.1) is 0 Å². The van der Waals surface area contributed by atoms with Gasteiger partial charge in [0.15, 0.2) is 0 Å². The van der Waals surface area contributed by atoms with Crippen molar-refractivity contribution >= 4 is 23.2 Å². The maximum atomic E-state index is 13.8. The lowest BCUT2D eigenvalue weighted by Gasteiger charge is -2.15. The monoisotopic (exact) mass is 504 g/mol. The van der Waals surface area contributed by atoms with Crippen LogP contribution in [0.25, 0.3) is 11.4 Å². The molecule has 2 heterocycles. The molecule has 0 bridgehead atoms. The number of aromatic nitrogens is 4. The lowest BCUT2D eigenvalue weighted by atomic mass is 9.85. The van der Waals surface area contributed by atoms with Crippen molar-refractivity contribution in [3.63, 3.8) is 0 Å². The minimum atomic E-state index is -0.578. The number of benzene rings is 3. The summed E-state index contributed by atoms with van der Waals surface area (Å²) in [7, 11) is 0. The molecule has 35 heavy (non-hydrogen) atoms. The SMILES string of the molecule is Cc1[nH]n(-c2ccc(Cl)cc2)c(=O)c1C(c1ccccc1)c1c(C)[nH]n(-c2ccc(Cl)cc2)c1=O. The Bertz CT molecular complexity index is 1510. The Morgan fingerprint density at radius 1 is 0.629 bits per heavy atom. The molecule has 0 spiro atoms. The highest BCUT2D eigenvalue weighted by atomic mass is 35.5. The largest absolute Gasteiger partial charge is 0.295 e. The van der Waals surface area contributed by atoms with Crippen molar-refractivity contribution in [2.24, 2.45) is 0 Å². The fourth-order valence-corrected chi connectivity index (χ4v) is 4.72. The van der Waals surface area contributed by atoms with Crippen molar-refractivity contribution in [2.45, 2.75) is 19.8 Å². The van der Waals surface area contributed by atoms with E-state index in [-0.39, 0.29) is 11.1 Å². The van der Waals surface area contributed by atoms with Crippen LogP contribution in [0.4, 0.5) is 0 Å². The summed E-state index contributed by atoms with van der Waals surface area (Å²) in [6.07, 6.45) is 0. The Labute approximate surface area is 211 Å². The second-order valence-corrected chi connectivity index (χ2v) is 9.25. The number of H-pyrrole nitrogens is 2. The van der Waals surface area contributed by atoms with E-state index < -0.39 is 5.92 Å². The van der Waals surface area contributed by atoms with E-state index in [0.717, 1.165) is 5.56 Å². The molecule has 6 nitrogen and oxygen atoms in total. The Balaban J connectivity index is 1.74. The molecule has 0 unspecified atom stereocenters. The first kappa shape index (κ1) is 23.0. The average molecular weight is 505 g/mol. The second-order valence-electron chi connectivity index (χ2n) is 8.38. The first-order chi connectivity index (χ1) is 16.8. The van der Waals surface area contributed by atoms with Crippen molar-refractivity contribution in [1.29, 1.82) is 0 Å². The van der Waals surface area contributed by atoms with Crippen LogP contribution in [0.3, 0.4) is 0 Å². The predicted octanol–water partition coefficient (Wildman–Crippen LogP) is 5.75.